The highest BCUT2D eigenvalue weighted by Crippen LogP contribution is 2.19. The van der Waals surface area contributed by atoms with Gasteiger partial charge in [-0.25, -0.2) is 0 Å². The highest BCUT2D eigenvalue weighted by atomic mass is 14.2. The predicted octanol–water partition coefficient (Wildman–Crippen LogP) is 7.26. The van der Waals surface area contributed by atoms with Gasteiger partial charge in [0.15, 0.2) is 0 Å². The molecule has 0 spiro atoms. The van der Waals surface area contributed by atoms with Crippen LogP contribution in [0.5, 0.6) is 0 Å². The summed E-state index contributed by atoms with van der Waals surface area (Å²) in [4.78, 5) is 0. The van der Waals surface area contributed by atoms with Crippen molar-refractivity contribution in [2.24, 2.45) is 11.8 Å². The Morgan fingerprint density at radius 3 is 1.57 bits per heavy atom. The van der Waals surface area contributed by atoms with Crippen LogP contribution in [0.15, 0.2) is 0 Å². The van der Waals surface area contributed by atoms with E-state index in [-0.39, 0.29) is 0 Å². The Bertz CT molecular complexity index is 241. The van der Waals surface area contributed by atoms with Crippen LogP contribution in [0, 0.1) is 23.2 Å². The molecule has 0 radical (unpaired) electrons. The van der Waals surface area contributed by atoms with Crippen molar-refractivity contribution in [2.45, 2.75) is 111 Å². The molecule has 0 amide bonds. The van der Waals surface area contributed by atoms with Crippen molar-refractivity contribution in [1.29, 1.82) is 5.26 Å². The van der Waals surface area contributed by atoms with Crippen LogP contribution >= 0.6 is 0 Å². The third-order valence-electron chi connectivity index (χ3n) is 4.63. The fourth-order valence-corrected chi connectivity index (χ4v) is 3.01. The molecule has 0 N–H and O–H groups in total. The Balaban J connectivity index is 3.21. The molecule has 2 atom stereocenters. The van der Waals surface area contributed by atoms with Gasteiger partial charge in [0.25, 0.3) is 0 Å². The van der Waals surface area contributed by atoms with Gasteiger partial charge in [0.1, 0.15) is 0 Å². The molecule has 0 aromatic heterocycles. The average Bonchev–Trinajstić information content (AvgIpc) is 2.46. The fourth-order valence-electron chi connectivity index (χ4n) is 3.01. The molecule has 1 nitrogen and oxygen atoms in total. The summed E-state index contributed by atoms with van der Waals surface area (Å²) in [5.41, 5.74) is 0. The largest absolute Gasteiger partial charge is 0.198 e. The van der Waals surface area contributed by atoms with Gasteiger partial charge >= 0.3 is 0 Å². The van der Waals surface area contributed by atoms with Crippen molar-refractivity contribution in [3.63, 3.8) is 0 Å². The van der Waals surface area contributed by atoms with Crippen LogP contribution in [-0.4, -0.2) is 0 Å². The topological polar surface area (TPSA) is 23.8 Å². The van der Waals surface area contributed by atoms with Crippen molar-refractivity contribution < 1.29 is 0 Å². The van der Waals surface area contributed by atoms with E-state index in [1.807, 2.05) is 0 Å². The van der Waals surface area contributed by atoms with E-state index in [0.717, 1.165) is 12.3 Å². The molecule has 0 heterocycles. The van der Waals surface area contributed by atoms with Crippen molar-refractivity contribution in [3.05, 3.63) is 0 Å². The van der Waals surface area contributed by atoms with E-state index < -0.39 is 0 Å². The molecule has 124 valence electrons. The zero-order valence-electron chi connectivity index (χ0n) is 15.0. The van der Waals surface area contributed by atoms with Gasteiger partial charge in [-0.15, -0.1) is 0 Å². The Morgan fingerprint density at radius 2 is 1.10 bits per heavy atom. The van der Waals surface area contributed by atoms with Gasteiger partial charge in [0.05, 0.1) is 6.07 Å². The summed E-state index contributed by atoms with van der Waals surface area (Å²) < 4.78 is 0. The summed E-state index contributed by atoms with van der Waals surface area (Å²) in [5.74, 6) is 1.53. The van der Waals surface area contributed by atoms with E-state index in [1.54, 1.807) is 0 Å². The second kappa shape index (κ2) is 15.9. The van der Waals surface area contributed by atoms with E-state index in [0.29, 0.717) is 5.92 Å². The second-order valence-corrected chi connectivity index (χ2v) is 7.12. The first-order chi connectivity index (χ1) is 10.2. The van der Waals surface area contributed by atoms with Crippen LogP contribution in [0.1, 0.15) is 111 Å². The molecule has 0 saturated carbocycles. The molecule has 0 aliphatic rings. The third-order valence-corrected chi connectivity index (χ3v) is 4.63. The first-order valence-electron chi connectivity index (χ1n) is 9.57. The zero-order valence-corrected chi connectivity index (χ0v) is 15.0. The lowest BCUT2D eigenvalue weighted by atomic mass is 9.95. The molecule has 0 aliphatic heterocycles. The maximum Gasteiger partial charge on any atom is 0.0624 e. The first-order valence-corrected chi connectivity index (χ1v) is 9.57. The molecule has 0 aromatic rings. The third kappa shape index (κ3) is 15.7. The lowest BCUT2D eigenvalue weighted by Gasteiger charge is -2.11. The highest BCUT2D eigenvalue weighted by Gasteiger charge is 2.03. The van der Waals surface area contributed by atoms with Gasteiger partial charge in [-0.3, -0.25) is 0 Å². The van der Waals surface area contributed by atoms with Crippen LogP contribution < -0.4 is 0 Å². The van der Waals surface area contributed by atoms with Crippen LogP contribution in [-0.2, 0) is 0 Å². The molecule has 0 bridgehead atoms. The van der Waals surface area contributed by atoms with Crippen LogP contribution in [0.2, 0.25) is 0 Å². The minimum absolute atomic E-state index is 0.600. The zero-order chi connectivity index (χ0) is 15.8. The molecule has 2 unspecified atom stereocenters. The number of nitrogens with zero attached hydrogens (tertiary/aromatic N) is 1. The second-order valence-electron chi connectivity index (χ2n) is 7.12. The summed E-state index contributed by atoms with van der Waals surface area (Å²) in [6, 6.07) is 2.27. The fraction of sp³-hybridized carbons (Fsp3) is 0.950. The summed E-state index contributed by atoms with van der Waals surface area (Å²) >= 11 is 0. The van der Waals surface area contributed by atoms with Crippen LogP contribution in [0.25, 0.3) is 0 Å². The van der Waals surface area contributed by atoms with Crippen LogP contribution in [0.4, 0.5) is 0 Å². The number of hydrogen-bond acceptors (Lipinski definition) is 1. The van der Waals surface area contributed by atoms with E-state index in [1.165, 1.54) is 83.5 Å². The normalized spacial score (nSPS) is 13.8. The number of rotatable bonds is 15. The molecule has 1 heteroatoms. The summed E-state index contributed by atoms with van der Waals surface area (Å²) in [6.07, 6.45) is 18.8. The molecule has 21 heavy (non-hydrogen) atoms. The lowest BCUT2D eigenvalue weighted by molar-refractivity contribution is 0.428. The molecule has 0 aromatic carbocycles. The van der Waals surface area contributed by atoms with Crippen molar-refractivity contribution in [3.8, 4) is 6.07 Å². The quantitative estimate of drug-likeness (QED) is 0.291. The maximum atomic E-state index is 8.62. The average molecular weight is 294 g/mol. The van der Waals surface area contributed by atoms with Gasteiger partial charge < -0.3 is 0 Å². The number of nitriles is 1. The van der Waals surface area contributed by atoms with Crippen molar-refractivity contribution >= 4 is 0 Å². The standard InChI is InChI=1S/C20H39N/c1-4-5-6-8-11-14-19(2)15-12-9-7-10-13-16-20(3)17-18-21/h19-20H,4-17H2,1-3H3. The lowest BCUT2D eigenvalue weighted by Crippen LogP contribution is -1.95. The van der Waals surface area contributed by atoms with E-state index >= 15 is 0 Å². The first kappa shape index (κ1) is 20.5. The van der Waals surface area contributed by atoms with E-state index in [4.69, 9.17) is 5.26 Å². The molecular weight excluding hydrogens is 254 g/mol. The minimum atomic E-state index is 0.600. The molecule has 0 fully saturated rings. The van der Waals surface area contributed by atoms with Crippen LogP contribution in [0.3, 0.4) is 0 Å². The molecule has 0 saturated heterocycles. The molecule has 0 rings (SSSR count). The Hall–Kier alpha value is -0.510. The smallest absolute Gasteiger partial charge is 0.0624 e. The van der Waals surface area contributed by atoms with Crippen molar-refractivity contribution in [2.75, 3.05) is 0 Å². The Labute approximate surface area is 134 Å². The predicted molar refractivity (Wildman–Crippen MR) is 94.3 cm³/mol. The summed E-state index contributed by atoms with van der Waals surface area (Å²) in [6.45, 7) is 6.92. The SMILES string of the molecule is CCCCCCCC(C)CCCCCCCC(C)CC#N. The monoisotopic (exact) mass is 293 g/mol. The summed E-state index contributed by atoms with van der Waals surface area (Å²) in [5, 5.41) is 8.62. The molecular formula is C20H39N. The van der Waals surface area contributed by atoms with Gasteiger partial charge in [-0.2, -0.15) is 5.26 Å². The minimum Gasteiger partial charge on any atom is -0.198 e. The van der Waals surface area contributed by atoms with Gasteiger partial charge in [0.2, 0.25) is 0 Å². The maximum absolute atomic E-state index is 8.62. The van der Waals surface area contributed by atoms with E-state index in [2.05, 4.69) is 26.8 Å². The highest BCUT2D eigenvalue weighted by molar-refractivity contribution is 4.72. The van der Waals surface area contributed by atoms with Gasteiger partial charge in [-0.05, 0) is 18.3 Å². The van der Waals surface area contributed by atoms with Crippen molar-refractivity contribution in [1.82, 2.24) is 0 Å². The van der Waals surface area contributed by atoms with Gasteiger partial charge in [-0.1, -0.05) is 97.8 Å². The number of unbranched alkanes of at least 4 members (excludes halogenated alkanes) is 8. The van der Waals surface area contributed by atoms with Gasteiger partial charge in [0, 0.05) is 6.42 Å². The Morgan fingerprint density at radius 1 is 0.667 bits per heavy atom. The Kier molecular flexibility index (Phi) is 15.5. The molecule has 0 aliphatic carbocycles. The van der Waals surface area contributed by atoms with E-state index in [9.17, 15) is 0 Å². The summed E-state index contributed by atoms with van der Waals surface area (Å²) in [7, 11) is 0. The number of hydrogen-bond donors (Lipinski definition) is 0.